The van der Waals surface area contributed by atoms with E-state index in [1.807, 2.05) is 30.3 Å². The maximum Gasteiger partial charge on any atom is 0.123 e. The predicted octanol–water partition coefficient (Wildman–Crippen LogP) is 3.47. The van der Waals surface area contributed by atoms with Gasteiger partial charge in [0.2, 0.25) is 0 Å². The van der Waals surface area contributed by atoms with Gasteiger partial charge in [0.15, 0.2) is 0 Å². The predicted molar refractivity (Wildman–Crippen MR) is 84.1 cm³/mol. The molecule has 1 N–H and O–H groups in total. The fourth-order valence-corrected chi connectivity index (χ4v) is 3.00. The Hall–Kier alpha value is -1.42. The first-order valence-electron chi connectivity index (χ1n) is 7.20. The molecule has 1 heterocycles. The lowest BCUT2D eigenvalue weighted by molar-refractivity contribution is 0.198. The molecule has 0 spiro atoms. The van der Waals surface area contributed by atoms with Crippen molar-refractivity contribution in [2.45, 2.75) is 6.04 Å². The first-order chi connectivity index (χ1) is 10.2. The Morgan fingerprint density at radius 1 is 1.00 bits per heavy atom. The average molecular weight is 305 g/mol. The lowest BCUT2D eigenvalue weighted by atomic mass is 9.96. The highest BCUT2D eigenvalue weighted by molar-refractivity contribution is 6.30. The van der Waals surface area contributed by atoms with Gasteiger partial charge < -0.3 is 5.32 Å². The van der Waals surface area contributed by atoms with E-state index >= 15 is 0 Å². The zero-order chi connectivity index (χ0) is 14.7. The van der Waals surface area contributed by atoms with Crippen LogP contribution in [0.25, 0.3) is 0 Å². The molecule has 2 nitrogen and oxygen atoms in total. The second kappa shape index (κ2) is 6.56. The normalized spacial score (nSPS) is 17.6. The second-order valence-electron chi connectivity index (χ2n) is 5.30. The highest BCUT2D eigenvalue weighted by Crippen LogP contribution is 2.30. The molecule has 110 valence electrons. The molecular weight excluding hydrogens is 287 g/mol. The molecule has 1 fully saturated rings. The SMILES string of the molecule is Fc1cccc(C(c2ccc(Cl)cc2)N2CCNCC2)c1. The van der Waals surface area contributed by atoms with Crippen molar-refractivity contribution in [3.63, 3.8) is 0 Å². The summed E-state index contributed by atoms with van der Waals surface area (Å²) in [6, 6.07) is 14.8. The highest BCUT2D eigenvalue weighted by Gasteiger charge is 2.24. The zero-order valence-corrected chi connectivity index (χ0v) is 12.5. The fourth-order valence-electron chi connectivity index (χ4n) is 2.88. The lowest BCUT2D eigenvalue weighted by Gasteiger charge is -2.35. The van der Waals surface area contributed by atoms with Crippen LogP contribution in [0.2, 0.25) is 5.02 Å². The van der Waals surface area contributed by atoms with Gasteiger partial charge in [-0.1, -0.05) is 35.9 Å². The van der Waals surface area contributed by atoms with Crippen LogP contribution in [-0.4, -0.2) is 31.1 Å². The standard InChI is InChI=1S/C17H18ClFN2/c18-15-6-4-13(5-7-15)17(21-10-8-20-9-11-21)14-2-1-3-16(19)12-14/h1-7,12,17,20H,8-11H2. The summed E-state index contributed by atoms with van der Waals surface area (Å²) in [5, 5.41) is 4.08. The molecular formula is C17H18ClFN2. The summed E-state index contributed by atoms with van der Waals surface area (Å²) in [5.41, 5.74) is 2.13. The van der Waals surface area contributed by atoms with Gasteiger partial charge >= 0.3 is 0 Å². The van der Waals surface area contributed by atoms with E-state index in [0.717, 1.165) is 42.3 Å². The Bertz CT molecular complexity index is 594. The Labute approximate surface area is 129 Å². The maximum atomic E-state index is 13.6. The summed E-state index contributed by atoms with van der Waals surface area (Å²) >= 11 is 5.99. The van der Waals surface area contributed by atoms with Gasteiger partial charge in [0.1, 0.15) is 5.82 Å². The van der Waals surface area contributed by atoms with E-state index in [-0.39, 0.29) is 11.9 Å². The van der Waals surface area contributed by atoms with Crippen LogP contribution >= 0.6 is 11.6 Å². The molecule has 21 heavy (non-hydrogen) atoms. The number of hydrogen-bond donors (Lipinski definition) is 1. The van der Waals surface area contributed by atoms with Gasteiger partial charge in [0.05, 0.1) is 6.04 Å². The molecule has 0 bridgehead atoms. The smallest absolute Gasteiger partial charge is 0.123 e. The van der Waals surface area contributed by atoms with Crippen LogP contribution in [0, 0.1) is 5.82 Å². The average Bonchev–Trinajstić information content (AvgIpc) is 2.51. The molecule has 1 atom stereocenters. The number of benzene rings is 2. The third kappa shape index (κ3) is 3.43. The summed E-state index contributed by atoms with van der Waals surface area (Å²) < 4.78 is 13.6. The monoisotopic (exact) mass is 304 g/mol. The largest absolute Gasteiger partial charge is 0.314 e. The van der Waals surface area contributed by atoms with Crippen LogP contribution in [0.5, 0.6) is 0 Å². The quantitative estimate of drug-likeness (QED) is 0.934. The van der Waals surface area contributed by atoms with Gasteiger partial charge in [-0.15, -0.1) is 0 Å². The van der Waals surface area contributed by atoms with Crippen molar-refractivity contribution >= 4 is 11.6 Å². The lowest BCUT2D eigenvalue weighted by Crippen LogP contribution is -2.45. The molecule has 2 aromatic rings. The molecule has 1 aliphatic heterocycles. The first kappa shape index (κ1) is 14.5. The van der Waals surface area contributed by atoms with Gasteiger partial charge in [-0.05, 0) is 35.4 Å². The van der Waals surface area contributed by atoms with E-state index in [0.29, 0.717) is 0 Å². The molecule has 1 unspecified atom stereocenters. The summed E-state index contributed by atoms with van der Waals surface area (Å²) in [6.07, 6.45) is 0. The Morgan fingerprint density at radius 2 is 1.71 bits per heavy atom. The van der Waals surface area contributed by atoms with Gasteiger partial charge in [-0.3, -0.25) is 4.90 Å². The first-order valence-corrected chi connectivity index (χ1v) is 7.57. The Kier molecular flexibility index (Phi) is 4.54. The molecule has 0 radical (unpaired) electrons. The van der Waals surface area contributed by atoms with Crippen LogP contribution in [0.1, 0.15) is 17.2 Å². The molecule has 3 rings (SSSR count). The van der Waals surface area contributed by atoms with Crippen molar-refractivity contribution in [1.29, 1.82) is 0 Å². The van der Waals surface area contributed by atoms with Crippen molar-refractivity contribution in [3.8, 4) is 0 Å². The number of nitrogens with zero attached hydrogens (tertiary/aromatic N) is 1. The summed E-state index contributed by atoms with van der Waals surface area (Å²) in [6.45, 7) is 3.81. The van der Waals surface area contributed by atoms with Crippen LogP contribution < -0.4 is 5.32 Å². The molecule has 0 saturated carbocycles. The van der Waals surface area contributed by atoms with E-state index in [1.54, 1.807) is 12.1 Å². The molecule has 0 aliphatic carbocycles. The molecule has 1 saturated heterocycles. The molecule has 2 aromatic carbocycles. The topological polar surface area (TPSA) is 15.3 Å². The third-order valence-corrected chi connectivity index (χ3v) is 4.12. The third-order valence-electron chi connectivity index (χ3n) is 3.87. The molecule has 0 amide bonds. The summed E-state index contributed by atoms with van der Waals surface area (Å²) in [5.74, 6) is -0.193. The van der Waals surface area contributed by atoms with Crippen LogP contribution in [0.4, 0.5) is 4.39 Å². The minimum Gasteiger partial charge on any atom is -0.314 e. The van der Waals surface area contributed by atoms with E-state index in [1.165, 1.54) is 6.07 Å². The van der Waals surface area contributed by atoms with Crippen molar-refractivity contribution in [2.75, 3.05) is 26.2 Å². The number of halogens is 2. The fraction of sp³-hybridized carbons (Fsp3) is 0.294. The van der Waals surface area contributed by atoms with Crippen molar-refractivity contribution in [1.82, 2.24) is 10.2 Å². The Balaban J connectivity index is 1.99. The zero-order valence-electron chi connectivity index (χ0n) is 11.7. The Morgan fingerprint density at radius 3 is 2.38 bits per heavy atom. The van der Waals surface area contributed by atoms with Crippen LogP contribution in [0.15, 0.2) is 48.5 Å². The van der Waals surface area contributed by atoms with Gasteiger partial charge in [-0.2, -0.15) is 0 Å². The van der Waals surface area contributed by atoms with E-state index in [2.05, 4.69) is 10.2 Å². The highest BCUT2D eigenvalue weighted by atomic mass is 35.5. The number of rotatable bonds is 3. The minimum absolute atomic E-state index is 0.0695. The van der Waals surface area contributed by atoms with Gasteiger partial charge in [-0.25, -0.2) is 4.39 Å². The van der Waals surface area contributed by atoms with E-state index in [9.17, 15) is 4.39 Å². The van der Waals surface area contributed by atoms with Crippen molar-refractivity contribution in [3.05, 3.63) is 70.5 Å². The number of nitrogens with one attached hydrogen (secondary N) is 1. The van der Waals surface area contributed by atoms with Crippen LogP contribution in [0.3, 0.4) is 0 Å². The molecule has 0 aromatic heterocycles. The molecule has 4 heteroatoms. The van der Waals surface area contributed by atoms with Crippen molar-refractivity contribution in [2.24, 2.45) is 0 Å². The van der Waals surface area contributed by atoms with E-state index in [4.69, 9.17) is 11.6 Å². The maximum absolute atomic E-state index is 13.6. The number of piperazine rings is 1. The van der Waals surface area contributed by atoms with E-state index < -0.39 is 0 Å². The summed E-state index contributed by atoms with van der Waals surface area (Å²) in [7, 11) is 0. The summed E-state index contributed by atoms with van der Waals surface area (Å²) in [4.78, 5) is 2.38. The van der Waals surface area contributed by atoms with Gasteiger partial charge in [0, 0.05) is 31.2 Å². The number of hydrogen-bond acceptors (Lipinski definition) is 2. The van der Waals surface area contributed by atoms with Crippen LogP contribution in [-0.2, 0) is 0 Å². The molecule has 1 aliphatic rings. The van der Waals surface area contributed by atoms with Crippen molar-refractivity contribution < 1.29 is 4.39 Å². The second-order valence-corrected chi connectivity index (χ2v) is 5.73. The van der Waals surface area contributed by atoms with Gasteiger partial charge in [0.25, 0.3) is 0 Å². The minimum atomic E-state index is -0.193.